The highest BCUT2D eigenvalue weighted by molar-refractivity contribution is 7.12. The van der Waals surface area contributed by atoms with Crippen LogP contribution in [0.1, 0.15) is 28.1 Å². The minimum Gasteiger partial charge on any atom is -0.384 e. The third-order valence-corrected chi connectivity index (χ3v) is 4.93. The highest BCUT2D eigenvalue weighted by Crippen LogP contribution is 2.30. The van der Waals surface area contributed by atoms with Gasteiger partial charge < -0.3 is 15.3 Å². The zero-order valence-corrected chi connectivity index (χ0v) is 12.3. The van der Waals surface area contributed by atoms with E-state index in [2.05, 4.69) is 17.2 Å². The van der Waals surface area contributed by atoms with Crippen LogP contribution in [0.25, 0.3) is 0 Å². The molecule has 1 aromatic rings. The van der Waals surface area contributed by atoms with Gasteiger partial charge >= 0.3 is 0 Å². The monoisotopic (exact) mass is 304 g/mol. The summed E-state index contributed by atoms with van der Waals surface area (Å²) in [6.45, 7) is 0.994. The first-order chi connectivity index (χ1) is 10.2. The maximum atomic E-state index is 12.8. The SMILES string of the molecule is O=C1NCC2C1CCCN2C(=O)c1sccc1C#CCO. The fraction of sp³-hybridized carbons (Fsp3) is 0.467. The summed E-state index contributed by atoms with van der Waals surface area (Å²) < 4.78 is 0. The van der Waals surface area contributed by atoms with Crippen LogP contribution in [0.2, 0.25) is 0 Å². The molecule has 0 saturated carbocycles. The van der Waals surface area contributed by atoms with Gasteiger partial charge in [-0.2, -0.15) is 0 Å². The van der Waals surface area contributed by atoms with Crippen molar-refractivity contribution in [1.29, 1.82) is 0 Å². The van der Waals surface area contributed by atoms with E-state index in [0.717, 1.165) is 12.8 Å². The number of rotatable bonds is 1. The van der Waals surface area contributed by atoms with E-state index in [0.29, 0.717) is 23.5 Å². The number of hydrogen-bond acceptors (Lipinski definition) is 4. The van der Waals surface area contributed by atoms with Crippen LogP contribution in [0.4, 0.5) is 0 Å². The molecule has 2 aliphatic heterocycles. The van der Waals surface area contributed by atoms with E-state index in [9.17, 15) is 9.59 Å². The van der Waals surface area contributed by atoms with Gasteiger partial charge in [0.2, 0.25) is 5.91 Å². The Kier molecular flexibility index (Phi) is 3.95. The molecule has 0 aliphatic carbocycles. The van der Waals surface area contributed by atoms with Gasteiger partial charge in [-0.25, -0.2) is 0 Å². The molecule has 0 spiro atoms. The average Bonchev–Trinajstić information content (AvgIpc) is 3.11. The topological polar surface area (TPSA) is 69.6 Å². The second-order valence-electron chi connectivity index (χ2n) is 5.18. The average molecular weight is 304 g/mol. The Balaban J connectivity index is 1.85. The van der Waals surface area contributed by atoms with E-state index in [-0.39, 0.29) is 30.4 Å². The molecule has 2 saturated heterocycles. The van der Waals surface area contributed by atoms with Crippen LogP contribution in [0.5, 0.6) is 0 Å². The van der Waals surface area contributed by atoms with E-state index in [4.69, 9.17) is 5.11 Å². The number of nitrogens with zero attached hydrogens (tertiary/aromatic N) is 1. The van der Waals surface area contributed by atoms with E-state index in [1.165, 1.54) is 11.3 Å². The third-order valence-electron chi connectivity index (χ3n) is 4.02. The largest absolute Gasteiger partial charge is 0.384 e. The molecule has 2 unspecified atom stereocenters. The van der Waals surface area contributed by atoms with Crippen LogP contribution in [-0.4, -0.2) is 47.6 Å². The quantitative estimate of drug-likeness (QED) is 0.740. The summed E-state index contributed by atoms with van der Waals surface area (Å²) in [5.41, 5.74) is 0.651. The molecule has 5 nitrogen and oxygen atoms in total. The lowest BCUT2D eigenvalue weighted by atomic mass is 9.91. The molecule has 2 aliphatic rings. The van der Waals surface area contributed by atoms with Gasteiger partial charge in [0.1, 0.15) is 11.5 Å². The van der Waals surface area contributed by atoms with E-state index in [1.54, 1.807) is 6.07 Å². The van der Waals surface area contributed by atoms with Crippen molar-refractivity contribution in [3.8, 4) is 11.8 Å². The van der Waals surface area contributed by atoms with Crippen molar-refractivity contribution in [2.24, 2.45) is 5.92 Å². The summed E-state index contributed by atoms with van der Waals surface area (Å²) in [6, 6.07) is 1.75. The molecule has 0 bridgehead atoms. The number of aliphatic hydroxyl groups is 1. The molecule has 110 valence electrons. The van der Waals surface area contributed by atoms with Crippen LogP contribution in [-0.2, 0) is 4.79 Å². The van der Waals surface area contributed by atoms with Crippen LogP contribution >= 0.6 is 11.3 Å². The van der Waals surface area contributed by atoms with Gasteiger partial charge in [0.25, 0.3) is 5.91 Å². The Morgan fingerprint density at radius 2 is 2.43 bits per heavy atom. The number of thiophene rings is 1. The second-order valence-corrected chi connectivity index (χ2v) is 6.10. The number of likely N-dealkylation sites (tertiary alicyclic amines) is 1. The molecule has 2 atom stereocenters. The number of carbonyl (C=O) groups excluding carboxylic acids is 2. The Morgan fingerprint density at radius 3 is 3.24 bits per heavy atom. The van der Waals surface area contributed by atoms with Crippen LogP contribution in [0.15, 0.2) is 11.4 Å². The smallest absolute Gasteiger partial charge is 0.265 e. The molecule has 2 fully saturated rings. The molecule has 0 aromatic carbocycles. The minimum absolute atomic E-state index is 0.0421. The third kappa shape index (κ3) is 2.55. The molecule has 1 aromatic heterocycles. The zero-order valence-electron chi connectivity index (χ0n) is 11.5. The first-order valence-corrected chi connectivity index (χ1v) is 7.86. The summed E-state index contributed by atoms with van der Waals surface area (Å²) >= 11 is 1.36. The van der Waals surface area contributed by atoms with Crippen molar-refractivity contribution in [3.63, 3.8) is 0 Å². The van der Waals surface area contributed by atoms with E-state index >= 15 is 0 Å². The van der Waals surface area contributed by atoms with Gasteiger partial charge in [-0.3, -0.25) is 9.59 Å². The van der Waals surface area contributed by atoms with Crippen molar-refractivity contribution < 1.29 is 14.7 Å². The van der Waals surface area contributed by atoms with Crippen molar-refractivity contribution in [1.82, 2.24) is 10.2 Å². The molecule has 0 radical (unpaired) electrons. The lowest BCUT2D eigenvalue weighted by Gasteiger charge is -2.35. The number of aliphatic hydroxyl groups excluding tert-OH is 1. The molecule has 2 amide bonds. The van der Waals surface area contributed by atoms with Crippen molar-refractivity contribution in [2.75, 3.05) is 19.7 Å². The lowest BCUT2D eigenvalue weighted by molar-refractivity contribution is -0.123. The number of amides is 2. The second kappa shape index (κ2) is 5.88. The number of fused-ring (bicyclic) bond motifs is 1. The fourth-order valence-corrected chi connectivity index (χ4v) is 3.85. The summed E-state index contributed by atoms with van der Waals surface area (Å²) in [5, 5.41) is 13.5. The van der Waals surface area contributed by atoms with Gasteiger partial charge in [0, 0.05) is 18.7 Å². The number of piperidine rings is 1. The number of carbonyl (C=O) groups is 2. The van der Waals surface area contributed by atoms with E-state index in [1.807, 2.05) is 10.3 Å². The first-order valence-electron chi connectivity index (χ1n) is 6.98. The molecule has 21 heavy (non-hydrogen) atoms. The number of nitrogens with one attached hydrogen (secondary N) is 1. The van der Waals surface area contributed by atoms with Gasteiger partial charge in [-0.15, -0.1) is 11.3 Å². The summed E-state index contributed by atoms with van der Waals surface area (Å²) in [7, 11) is 0. The maximum Gasteiger partial charge on any atom is 0.265 e. The molecule has 2 N–H and O–H groups in total. The normalized spacial score (nSPS) is 24.0. The van der Waals surface area contributed by atoms with Gasteiger partial charge in [0.15, 0.2) is 0 Å². The molecular formula is C15H16N2O3S. The van der Waals surface area contributed by atoms with Crippen LogP contribution in [0, 0.1) is 17.8 Å². The Hall–Kier alpha value is -1.84. The minimum atomic E-state index is -0.226. The summed E-state index contributed by atoms with van der Waals surface area (Å²) in [6.07, 6.45) is 1.70. The fourth-order valence-electron chi connectivity index (χ4n) is 3.04. The molecule has 3 heterocycles. The van der Waals surface area contributed by atoms with Gasteiger partial charge in [0.05, 0.1) is 12.0 Å². The predicted octanol–water partition coefficient (Wildman–Crippen LogP) is 0.442. The van der Waals surface area contributed by atoms with Gasteiger partial charge in [-0.1, -0.05) is 11.8 Å². The number of hydrogen-bond donors (Lipinski definition) is 2. The zero-order chi connectivity index (χ0) is 14.8. The maximum absolute atomic E-state index is 12.8. The van der Waals surface area contributed by atoms with E-state index < -0.39 is 0 Å². The van der Waals surface area contributed by atoms with Gasteiger partial charge in [-0.05, 0) is 24.3 Å². The first kappa shape index (κ1) is 14.1. The molecule has 6 heteroatoms. The Labute approximate surface area is 127 Å². The van der Waals surface area contributed by atoms with Crippen molar-refractivity contribution >= 4 is 23.2 Å². The summed E-state index contributed by atoms with van der Waals surface area (Å²) in [5.74, 6) is 5.32. The Morgan fingerprint density at radius 1 is 1.57 bits per heavy atom. The summed E-state index contributed by atoms with van der Waals surface area (Å²) in [4.78, 5) is 26.9. The van der Waals surface area contributed by atoms with Crippen LogP contribution in [0.3, 0.4) is 0 Å². The molecular weight excluding hydrogens is 288 g/mol. The highest BCUT2D eigenvalue weighted by Gasteiger charge is 2.43. The molecule has 3 rings (SSSR count). The Bertz CT molecular complexity index is 628. The van der Waals surface area contributed by atoms with Crippen molar-refractivity contribution in [2.45, 2.75) is 18.9 Å². The highest BCUT2D eigenvalue weighted by atomic mass is 32.1. The standard InChI is InChI=1S/C15H16N2O3S/c18-7-2-3-10-5-8-21-13(10)15(20)17-6-1-4-11-12(17)9-16-14(11)19/h5,8,11-12,18H,1,4,6-7,9H2,(H,16,19). The van der Waals surface area contributed by atoms with Crippen LogP contribution < -0.4 is 5.32 Å². The lowest BCUT2D eigenvalue weighted by Crippen LogP contribution is -2.48. The predicted molar refractivity (Wildman–Crippen MR) is 78.8 cm³/mol. The van der Waals surface area contributed by atoms with Crippen molar-refractivity contribution in [3.05, 3.63) is 21.9 Å².